The third-order valence-corrected chi connectivity index (χ3v) is 4.34. The molecule has 1 heterocycles. The van der Waals surface area contributed by atoms with Crippen molar-refractivity contribution in [1.29, 1.82) is 0 Å². The van der Waals surface area contributed by atoms with Crippen molar-refractivity contribution in [2.24, 2.45) is 7.05 Å². The van der Waals surface area contributed by atoms with Crippen LogP contribution in [0.1, 0.15) is 65.7 Å². The van der Waals surface area contributed by atoms with E-state index in [4.69, 9.17) is 0 Å². The Morgan fingerprint density at radius 2 is 1.54 bits per heavy atom. The van der Waals surface area contributed by atoms with E-state index in [0.717, 1.165) is 32.2 Å². The van der Waals surface area contributed by atoms with Crippen LogP contribution in [-0.4, -0.2) is 17.8 Å². The van der Waals surface area contributed by atoms with E-state index in [1.165, 1.54) is 19.3 Å². The van der Waals surface area contributed by atoms with Crippen LogP contribution >= 0.6 is 7.82 Å². The molecule has 0 saturated carbocycles. The van der Waals surface area contributed by atoms with Crippen LogP contribution in [0.4, 0.5) is 0 Å². The minimum Gasteiger partial charge on any atom is -0.756 e. The molecule has 0 amide bonds. The van der Waals surface area contributed by atoms with Crippen LogP contribution in [0.2, 0.25) is 0 Å². The van der Waals surface area contributed by atoms with Gasteiger partial charge in [0.2, 0.25) is 6.33 Å². The number of hydrogen-bond donors (Lipinski definition) is 0. The van der Waals surface area contributed by atoms with Crippen LogP contribution in [0.25, 0.3) is 0 Å². The molecule has 0 aliphatic rings. The molecule has 0 radical (unpaired) electrons. The first-order chi connectivity index (χ1) is 11.4. The highest BCUT2D eigenvalue weighted by Gasteiger charge is 2.07. The number of unbranched alkanes of at least 4 members (excludes halogenated alkanes) is 4. The molecule has 0 aromatic carbocycles. The van der Waals surface area contributed by atoms with Crippen molar-refractivity contribution in [3.05, 3.63) is 18.7 Å². The molecule has 0 aliphatic heterocycles. The number of phosphoric acid groups is 1. The minimum atomic E-state index is -4.00. The summed E-state index contributed by atoms with van der Waals surface area (Å²) in [6.45, 7) is 7.78. The van der Waals surface area contributed by atoms with Gasteiger partial charge in [0.05, 0.1) is 26.8 Å². The molecule has 1 aromatic rings. The van der Waals surface area contributed by atoms with Gasteiger partial charge >= 0.3 is 0 Å². The highest BCUT2D eigenvalue weighted by Crippen LogP contribution is 2.38. The summed E-state index contributed by atoms with van der Waals surface area (Å²) in [5.41, 5.74) is 0. The predicted octanol–water partition coefficient (Wildman–Crippen LogP) is 3.59. The average molecular weight is 362 g/mol. The third-order valence-electron chi connectivity index (χ3n) is 3.34. The summed E-state index contributed by atoms with van der Waals surface area (Å²) >= 11 is 0. The van der Waals surface area contributed by atoms with Crippen molar-refractivity contribution in [2.45, 2.75) is 72.3 Å². The molecule has 0 unspecified atom stereocenters. The second kappa shape index (κ2) is 14.6. The lowest BCUT2D eigenvalue weighted by molar-refractivity contribution is -0.671. The van der Waals surface area contributed by atoms with Crippen molar-refractivity contribution in [1.82, 2.24) is 4.57 Å². The van der Waals surface area contributed by atoms with Crippen LogP contribution in [-0.2, 0) is 27.2 Å². The second-order valence-corrected chi connectivity index (χ2v) is 7.26. The Bertz CT molecular complexity index is 438. The molecule has 0 bridgehead atoms. The lowest BCUT2D eigenvalue weighted by Gasteiger charge is -2.22. The van der Waals surface area contributed by atoms with Gasteiger partial charge in [-0.1, -0.05) is 40.0 Å². The molecule has 0 spiro atoms. The Morgan fingerprint density at radius 3 is 1.96 bits per heavy atom. The lowest BCUT2D eigenvalue weighted by atomic mass is 10.2. The van der Waals surface area contributed by atoms with Gasteiger partial charge in [0.25, 0.3) is 7.82 Å². The molecule has 142 valence electrons. The first-order valence-corrected chi connectivity index (χ1v) is 10.5. The molecule has 24 heavy (non-hydrogen) atoms. The van der Waals surface area contributed by atoms with E-state index in [-0.39, 0.29) is 13.2 Å². The van der Waals surface area contributed by atoms with Gasteiger partial charge in [0.15, 0.2) is 0 Å². The van der Waals surface area contributed by atoms with Gasteiger partial charge in [-0.15, -0.1) is 0 Å². The standard InChI is InChI=1S/C9H17N2.C8H19O4P/c1-3-4-5-6-11-8-7-10(2)9-11;1-3-5-7-11-13(9,10)12-8-6-4-2/h7-9H,3-6H2,1-2H3;3-8H2,1-2H3,(H,9,10)/q+1;/p-1. The average Bonchev–Trinajstić information content (AvgIpc) is 2.94. The molecule has 0 N–H and O–H groups in total. The summed E-state index contributed by atoms with van der Waals surface area (Å²) in [6.07, 6.45) is 13.5. The topological polar surface area (TPSA) is 67.4 Å². The van der Waals surface area contributed by atoms with Gasteiger partial charge in [0.1, 0.15) is 12.4 Å². The van der Waals surface area contributed by atoms with Crippen molar-refractivity contribution >= 4 is 7.82 Å². The first-order valence-electron chi connectivity index (χ1n) is 9.06. The quantitative estimate of drug-likeness (QED) is 0.324. The first kappa shape index (κ1) is 23.3. The predicted molar refractivity (Wildman–Crippen MR) is 94.5 cm³/mol. The molecule has 7 heteroatoms. The Balaban J connectivity index is 0.000000446. The zero-order valence-corrected chi connectivity index (χ0v) is 16.7. The highest BCUT2D eigenvalue weighted by atomic mass is 31.2. The maximum absolute atomic E-state index is 11.0. The number of rotatable bonds is 12. The van der Waals surface area contributed by atoms with Crippen LogP contribution in [0.3, 0.4) is 0 Å². The molecular weight excluding hydrogens is 327 g/mol. The SMILES string of the molecule is CCCCCn1cc[n+](C)c1.CCCCOP(=O)([O-])OCCCC. The summed E-state index contributed by atoms with van der Waals surface area (Å²) in [5, 5.41) is 0. The Labute approximate surface area is 147 Å². The number of aromatic nitrogens is 2. The monoisotopic (exact) mass is 362 g/mol. The zero-order valence-electron chi connectivity index (χ0n) is 15.8. The summed E-state index contributed by atoms with van der Waals surface area (Å²) in [6, 6.07) is 0. The van der Waals surface area contributed by atoms with E-state index in [0.29, 0.717) is 0 Å². The van der Waals surface area contributed by atoms with E-state index < -0.39 is 7.82 Å². The second-order valence-electron chi connectivity index (χ2n) is 5.84. The maximum atomic E-state index is 11.0. The summed E-state index contributed by atoms with van der Waals surface area (Å²) in [5.74, 6) is 0. The van der Waals surface area contributed by atoms with E-state index >= 15 is 0 Å². The number of imidazole rings is 1. The van der Waals surface area contributed by atoms with E-state index in [9.17, 15) is 9.46 Å². The van der Waals surface area contributed by atoms with Crippen molar-refractivity contribution in [3.63, 3.8) is 0 Å². The molecule has 1 aromatic heterocycles. The largest absolute Gasteiger partial charge is 0.756 e. The number of nitrogens with zero attached hydrogens (tertiary/aromatic N) is 2. The molecule has 0 atom stereocenters. The third kappa shape index (κ3) is 13.7. The summed E-state index contributed by atoms with van der Waals surface area (Å²) in [4.78, 5) is 11.0. The van der Waals surface area contributed by atoms with Crippen molar-refractivity contribution in [3.8, 4) is 0 Å². The minimum absolute atomic E-state index is 0.226. The van der Waals surface area contributed by atoms with Crippen LogP contribution in [0.15, 0.2) is 18.7 Å². The number of phosphoric ester groups is 1. The Hall–Kier alpha value is -0.680. The van der Waals surface area contributed by atoms with Gasteiger partial charge in [0, 0.05) is 0 Å². The van der Waals surface area contributed by atoms with Gasteiger partial charge in [-0.25, -0.2) is 9.13 Å². The Morgan fingerprint density at radius 1 is 1.00 bits per heavy atom. The number of aryl methyl sites for hydroxylation is 2. The van der Waals surface area contributed by atoms with Gasteiger partial charge in [-0.2, -0.15) is 0 Å². The maximum Gasteiger partial charge on any atom is 0.267 e. The van der Waals surface area contributed by atoms with Gasteiger partial charge in [-0.05, 0) is 25.7 Å². The molecular formula is C17H35N2O4P. The van der Waals surface area contributed by atoms with Crippen molar-refractivity contribution in [2.75, 3.05) is 13.2 Å². The highest BCUT2D eigenvalue weighted by molar-refractivity contribution is 7.45. The van der Waals surface area contributed by atoms with Crippen LogP contribution < -0.4 is 9.46 Å². The van der Waals surface area contributed by atoms with Gasteiger partial charge in [-0.3, -0.25) is 4.57 Å². The molecule has 0 aliphatic carbocycles. The summed E-state index contributed by atoms with van der Waals surface area (Å²) < 4.78 is 24.5. The Kier molecular flexibility index (Phi) is 14.2. The van der Waals surface area contributed by atoms with Crippen LogP contribution in [0.5, 0.6) is 0 Å². The molecule has 1 rings (SSSR count). The molecule has 0 saturated heterocycles. The van der Waals surface area contributed by atoms with Crippen molar-refractivity contribution < 1.29 is 23.1 Å². The normalized spacial score (nSPS) is 11.2. The summed E-state index contributed by atoms with van der Waals surface area (Å²) in [7, 11) is -1.95. The zero-order chi connectivity index (χ0) is 18.3. The lowest BCUT2D eigenvalue weighted by Crippen LogP contribution is -2.23. The fourth-order valence-corrected chi connectivity index (χ4v) is 2.64. The fraction of sp³-hybridized carbons (Fsp3) is 0.824. The smallest absolute Gasteiger partial charge is 0.267 e. The molecule has 6 nitrogen and oxygen atoms in total. The fourth-order valence-electron chi connectivity index (χ4n) is 1.86. The van der Waals surface area contributed by atoms with Crippen LogP contribution in [0, 0.1) is 0 Å². The van der Waals surface area contributed by atoms with E-state index in [1.54, 1.807) is 0 Å². The molecule has 0 fully saturated rings. The van der Waals surface area contributed by atoms with E-state index in [1.807, 2.05) is 13.8 Å². The number of hydrogen-bond acceptors (Lipinski definition) is 4. The van der Waals surface area contributed by atoms with E-state index in [2.05, 4.69) is 50.9 Å². The van der Waals surface area contributed by atoms with Gasteiger partial charge < -0.3 is 13.9 Å².